The molecule has 0 aliphatic rings. The molecule has 7 aromatic rings. The van der Waals surface area contributed by atoms with E-state index in [-0.39, 0.29) is 17.2 Å². The number of amides is 1. The van der Waals surface area contributed by atoms with Crippen LogP contribution in [0.5, 0.6) is 5.75 Å². The molecule has 5 nitrogen and oxygen atoms in total. The zero-order chi connectivity index (χ0) is 23.7. The summed E-state index contributed by atoms with van der Waals surface area (Å²) in [4.78, 5) is 16.7. The van der Waals surface area contributed by atoms with E-state index in [0.29, 0.717) is 5.69 Å². The third kappa shape index (κ3) is 2.85. The summed E-state index contributed by atoms with van der Waals surface area (Å²) >= 11 is 0. The smallest absolute Gasteiger partial charge is 0.259 e. The minimum absolute atomic E-state index is 0.0487. The van der Waals surface area contributed by atoms with Gasteiger partial charge in [0.25, 0.3) is 5.91 Å². The van der Waals surface area contributed by atoms with Gasteiger partial charge in [0.15, 0.2) is 0 Å². The second-order valence-electron chi connectivity index (χ2n) is 9.01. The number of hydrogen-bond donors (Lipinski definition) is 3. The van der Waals surface area contributed by atoms with Gasteiger partial charge in [-0.1, -0.05) is 48.5 Å². The highest BCUT2D eigenvalue weighted by Gasteiger charge is 2.16. The van der Waals surface area contributed by atoms with Crippen LogP contribution in [0.15, 0.2) is 91.0 Å². The molecule has 3 N–H and O–H groups in total. The molecule has 0 bridgehead atoms. The number of phenols is 1. The highest BCUT2D eigenvalue weighted by atomic mass is 16.3. The minimum Gasteiger partial charge on any atom is -0.507 e. The molecule has 5 aromatic carbocycles. The van der Waals surface area contributed by atoms with Gasteiger partial charge < -0.3 is 20.0 Å². The Balaban J connectivity index is 1.30. The Labute approximate surface area is 200 Å². The van der Waals surface area contributed by atoms with Crippen molar-refractivity contribution in [1.29, 1.82) is 0 Å². The summed E-state index contributed by atoms with van der Waals surface area (Å²) in [6.07, 6.45) is 0. The van der Waals surface area contributed by atoms with Crippen molar-refractivity contribution < 1.29 is 9.90 Å². The fourth-order valence-corrected chi connectivity index (χ4v) is 5.31. The molecule has 168 valence electrons. The summed E-state index contributed by atoms with van der Waals surface area (Å²) in [5.74, 6) is -0.395. The molecule has 0 atom stereocenters. The fourth-order valence-electron chi connectivity index (χ4n) is 5.31. The predicted molar refractivity (Wildman–Crippen MR) is 143 cm³/mol. The molecular weight excluding hydrogens is 434 g/mol. The lowest BCUT2D eigenvalue weighted by Gasteiger charge is -2.10. The number of H-pyrrole nitrogens is 1. The number of aryl methyl sites for hydroxylation is 1. The number of hydrogen-bond acceptors (Lipinski definition) is 2. The number of nitrogens with one attached hydrogen (secondary N) is 2. The van der Waals surface area contributed by atoms with Crippen LogP contribution in [0.2, 0.25) is 0 Å². The van der Waals surface area contributed by atoms with Gasteiger partial charge in [0.05, 0.1) is 11.1 Å². The van der Waals surface area contributed by atoms with Crippen LogP contribution < -0.4 is 5.32 Å². The van der Waals surface area contributed by atoms with E-state index in [0.717, 1.165) is 54.4 Å². The highest BCUT2D eigenvalue weighted by Crippen LogP contribution is 2.35. The first-order chi connectivity index (χ1) is 17.1. The van der Waals surface area contributed by atoms with Crippen molar-refractivity contribution >= 4 is 66.0 Å². The van der Waals surface area contributed by atoms with Gasteiger partial charge in [-0.3, -0.25) is 4.79 Å². The standard InChI is InChI=1S/C30H21N3O2/c1-33-26-9-5-3-7-20(26)23-15-18(11-13-27(23)33)31-30(35)24-14-17-10-12-21-19-6-2-4-8-25(19)32-29(21)22(17)16-28(24)34/h2-16,32,34H,1H3,(H,31,35). The SMILES string of the molecule is Cn1c2ccccc2c2cc(NC(=O)c3cc4ccc5c6ccccc6[nH]c5c4cc3O)ccc21. The summed E-state index contributed by atoms with van der Waals surface area (Å²) in [6.45, 7) is 0. The van der Waals surface area contributed by atoms with Crippen LogP contribution in [0.4, 0.5) is 5.69 Å². The predicted octanol–water partition coefficient (Wildman–Crippen LogP) is 7.08. The van der Waals surface area contributed by atoms with E-state index in [1.165, 1.54) is 0 Å². The van der Waals surface area contributed by atoms with Crippen molar-refractivity contribution in [2.45, 2.75) is 0 Å². The largest absolute Gasteiger partial charge is 0.507 e. The Morgan fingerprint density at radius 3 is 2.43 bits per heavy atom. The molecule has 1 amide bonds. The average molecular weight is 456 g/mol. The maximum Gasteiger partial charge on any atom is 0.259 e. The molecule has 7 rings (SSSR count). The number of rotatable bonds is 2. The third-order valence-corrected chi connectivity index (χ3v) is 7.03. The van der Waals surface area contributed by atoms with Gasteiger partial charge in [0.1, 0.15) is 5.75 Å². The zero-order valence-electron chi connectivity index (χ0n) is 19.0. The molecule has 0 saturated carbocycles. The second-order valence-corrected chi connectivity index (χ2v) is 9.01. The number of fused-ring (bicyclic) bond motifs is 8. The molecule has 0 spiro atoms. The van der Waals surface area contributed by atoms with Crippen LogP contribution in [-0.4, -0.2) is 20.6 Å². The molecule has 0 radical (unpaired) electrons. The Morgan fingerprint density at radius 1 is 0.771 bits per heavy atom. The number of aromatic amines is 1. The maximum absolute atomic E-state index is 13.2. The number of nitrogens with zero attached hydrogens (tertiary/aromatic N) is 1. The number of phenolic OH excluding ortho intramolecular Hbond substituents is 1. The normalized spacial score (nSPS) is 11.8. The van der Waals surface area contributed by atoms with E-state index in [4.69, 9.17) is 0 Å². The number of para-hydroxylation sites is 2. The molecular formula is C30H21N3O2. The van der Waals surface area contributed by atoms with Crippen molar-refractivity contribution in [3.8, 4) is 5.75 Å². The Bertz CT molecular complexity index is 1980. The first-order valence-corrected chi connectivity index (χ1v) is 11.5. The minimum atomic E-state index is -0.347. The topological polar surface area (TPSA) is 70.0 Å². The average Bonchev–Trinajstić information content (AvgIpc) is 3.39. The maximum atomic E-state index is 13.2. The van der Waals surface area contributed by atoms with Crippen LogP contribution in [0, 0.1) is 0 Å². The molecule has 0 aliphatic heterocycles. The molecule has 35 heavy (non-hydrogen) atoms. The fraction of sp³-hybridized carbons (Fsp3) is 0.0333. The Morgan fingerprint density at radius 2 is 1.54 bits per heavy atom. The van der Waals surface area contributed by atoms with Gasteiger partial charge in [-0.25, -0.2) is 0 Å². The second kappa shape index (κ2) is 7.11. The molecule has 0 unspecified atom stereocenters. The van der Waals surface area contributed by atoms with Crippen LogP contribution in [0.25, 0.3) is 54.4 Å². The lowest BCUT2D eigenvalue weighted by molar-refractivity contribution is 0.102. The van der Waals surface area contributed by atoms with Gasteiger partial charge in [-0.05, 0) is 47.9 Å². The number of benzene rings is 5. The first kappa shape index (κ1) is 19.7. The summed E-state index contributed by atoms with van der Waals surface area (Å²) in [5.41, 5.74) is 5.16. The van der Waals surface area contributed by atoms with Crippen molar-refractivity contribution in [2.24, 2.45) is 7.05 Å². The van der Waals surface area contributed by atoms with Crippen LogP contribution in [-0.2, 0) is 7.05 Å². The number of aromatic nitrogens is 2. The monoisotopic (exact) mass is 455 g/mol. The number of anilines is 1. The number of carbonyl (C=O) groups is 1. The first-order valence-electron chi connectivity index (χ1n) is 11.5. The van der Waals surface area contributed by atoms with Crippen molar-refractivity contribution in [2.75, 3.05) is 5.32 Å². The summed E-state index contributed by atoms with van der Waals surface area (Å²) in [7, 11) is 2.04. The third-order valence-electron chi connectivity index (χ3n) is 7.03. The Hall–Kier alpha value is -4.77. The summed E-state index contributed by atoms with van der Waals surface area (Å²) < 4.78 is 2.15. The lowest BCUT2D eigenvalue weighted by atomic mass is 10.0. The molecule has 0 saturated heterocycles. The highest BCUT2D eigenvalue weighted by molar-refractivity contribution is 6.19. The van der Waals surface area contributed by atoms with Gasteiger partial charge in [0, 0.05) is 56.2 Å². The quantitative estimate of drug-likeness (QED) is 0.261. The van der Waals surface area contributed by atoms with Crippen LogP contribution in [0.3, 0.4) is 0 Å². The van der Waals surface area contributed by atoms with E-state index in [1.54, 1.807) is 12.1 Å². The van der Waals surface area contributed by atoms with Gasteiger partial charge in [0.2, 0.25) is 0 Å². The van der Waals surface area contributed by atoms with Crippen molar-refractivity contribution in [3.63, 3.8) is 0 Å². The molecule has 2 aromatic heterocycles. The van der Waals surface area contributed by atoms with Gasteiger partial charge in [-0.2, -0.15) is 0 Å². The molecule has 0 fully saturated rings. The Kier molecular flexibility index (Phi) is 4.00. The van der Waals surface area contributed by atoms with Gasteiger partial charge in [-0.15, -0.1) is 0 Å². The lowest BCUT2D eigenvalue weighted by Crippen LogP contribution is -2.12. The van der Waals surface area contributed by atoms with Gasteiger partial charge >= 0.3 is 0 Å². The van der Waals surface area contributed by atoms with Crippen LogP contribution >= 0.6 is 0 Å². The summed E-state index contributed by atoms with van der Waals surface area (Å²) in [5, 5.41) is 20.0. The van der Waals surface area contributed by atoms with Crippen LogP contribution in [0.1, 0.15) is 10.4 Å². The van der Waals surface area contributed by atoms with E-state index in [2.05, 4.69) is 39.1 Å². The number of carbonyl (C=O) groups excluding carboxylic acids is 1. The molecule has 0 aliphatic carbocycles. The van der Waals surface area contributed by atoms with E-state index in [9.17, 15) is 9.90 Å². The molecule has 5 heteroatoms. The van der Waals surface area contributed by atoms with Crippen molar-refractivity contribution in [1.82, 2.24) is 9.55 Å². The van der Waals surface area contributed by atoms with E-state index >= 15 is 0 Å². The zero-order valence-corrected chi connectivity index (χ0v) is 19.0. The van der Waals surface area contributed by atoms with E-state index < -0.39 is 0 Å². The summed E-state index contributed by atoms with van der Waals surface area (Å²) in [6, 6.07) is 29.7. The molecule has 2 heterocycles. The van der Waals surface area contributed by atoms with Crippen molar-refractivity contribution in [3.05, 3.63) is 96.6 Å². The number of aromatic hydroxyl groups is 1. The van der Waals surface area contributed by atoms with E-state index in [1.807, 2.05) is 61.6 Å².